The van der Waals surface area contributed by atoms with Crippen molar-refractivity contribution in [3.63, 3.8) is 0 Å². The first-order chi connectivity index (χ1) is 14.5. The van der Waals surface area contributed by atoms with Crippen molar-refractivity contribution in [3.05, 3.63) is 59.2 Å². The number of ether oxygens (including phenoxy) is 2. The number of methoxy groups -OCH3 is 2. The van der Waals surface area contributed by atoms with Gasteiger partial charge in [0.2, 0.25) is 0 Å². The lowest BCUT2D eigenvalue weighted by molar-refractivity contribution is 0.0939. The quantitative estimate of drug-likeness (QED) is 0.244. The summed E-state index contributed by atoms with van der Waals surface area (Å²) < 4.78 is 10.6. The second kappa shape index (κ2) is 13.7. The SMILES string of the molecule is CCC(C)NC(=O)c1cccc(CN=C(N)NCCc2ccc(OC)c(OC)c2)c1.I. The van der Waals surface area contributed by atoms with Crippen LogP contribution in [0.1, 0.15) is 41.8 Å². The van der Waals surface area contributed by atoms with Gasteiger partial charge in [0, 0.05) is 18.2 Å². The smallest absolute Gasteiger partial charge is 0.251 e. The molecule has 0 spiro atoms. The summed E-state index contributed by atoms with van der Waals surface area (Å²) in [5, 5.41) is 6.08. The molecule has 0 saturated heterocycles. The number of hydrogen-bond acceptors (Lipinski definition) is 4. The fraction of sp³-hybridized carbons (Fsp3) is 0.391. The van der Waals surface area contributed by atoms with Gasteiger partial charge in [-0.05, 0) is 55.2 Å². The number of hydrogen-bond donors (Lipinski definition) is 3. The number of amides is 1. The number of rotatable bonds is 10. The summed E-state index contributed by atoms with van der Waals surface area (Å²) in [6, 6.07) is 13.4. The Bertz CT molecular complexity index is 874. The molecule has 0 fully saturated rings. The van der Waals surface area contributed by atoms with Gasteiger partial charge >= 0.3 is 0 Å². The maximum atomic E-state index is 12.3. The van der Waals surface area contributed by atoms with Gasteiger partial charge in [0.05, 0.1) is 20.8 Å². The zero-order valence-corrected chi connectivity index (χ0v) is 20.9. The number of benzene rings is 2. The molecule has 0 saturated carbocycles. The Morgan fingerprint density at radius 3 is 2.52 bits per heavy atom. The van der Waals surface area contributed by atoms with Crippen molar-refractivity contribution in [1.82, 2.24) is 10.6 Å². The summed E-state index contributed by atoms with van der Waals surface area (Å²) in [7, 11) is 3.23. The molecule has 0 aliphatic rings. The van der Waals surface area contributed by atoms with E-state index in [0.29, 0.717) is 36.1 Å². The minimum Gasteiger partial charge on any atom is -0.493 e. The van der Waals surface area contributed by atoms with Crippen LogP contribution in [0.15, 0.2) is 47.5 Å². The molecule has 1 atom stereocenters. The van der Waals surface area contributed by atoms with E-state index in [4.69, 9.17) is 15.2 Å². The summed E-state index contributed by atoms with van der Waals surface area (Å²) in [4.78, 5) is 16.6. The number of nitrogens with one attached hydrogen (secondary N) is 2. The van der Waals surface area contributed by atoms with Gasteiger partial charge in [-0.25, -0.2) is 4.99 Å². The highest BCUT2D eigenvalue weighted by Gasteiger charge is 2.09. The van der Waals surface area contributed by atoms with E-state index in [1.54, 1.807) is 20.3 Å². The number of nitrogens with two attached hydrogens (primary N) is 1. The van der Waals surface area contributed by atoms with Gasteiger partial charge in [-0.3, -0.25) is 4.79 Å². The number of nitrogens with zero attached hydrogens (tertiary/aromatic N) is 1. The van der Waals surface area contributed by atoms with Crippen LogP contribution in [0.5, 0.6) is 11.5 Å². The van der Waals surface area contributed by atoms with Crippen molar-refractivity contribution in [2.75, 3.05) is 20.8 Å². The second-order valence-corrected chi connectivity index (χ2v) is 7.05. The average Bonchev–Trinajstić information content (AvgIpc) is 2.77. The molecular formula is C23H33IN4O3. The molecule has 170 valence electrons. The van der Waals surface area contributed by atoms with Crippen LogP contribution in [-0.4, -0.2) is 38.7 Å². The second-order valence-electron chi connectivity index (χ2n) is 7.05. The van der Waals surface area contributed by atoms with Gasteiger partial charge in [-0.1, -0.05) is 25.1 Å². The van der Waals surface area contributed by atoms with E-state index in [0.717, 1.165) is 24.0 Å². The van der Waals surface area contributed by atoms with E-state index in [9.17, 15) is 4.79 Å². The lowest BCUT2D eigenvalue weighted by Gasteiger charge is -2.12. The molecule has 8 heteroatoms. The van der Waals surface area contributed by atoms with Crippen molar-refractivity contribution in [2.24, 2.45) is 10.7 Å². The number of aliphatic imine (C=N–C) groups is 1. The van der Waals surface area contributed by atoms with Gasteiger partial charge in [0.25, 0.3) is 5.91 Å². The third-order valence-corrected chi connectivity index (χ3v) is 4.78. The molecular weight excluding hydrogens is 507 g/mol. The predicted molar refractivity (Wildman–Crippen MR) is 136 cm³/mol. The Balaban J connectivity index is 0.00000480. The topological polar surface area (TPSA) is 98.0 Å². The highest BCUT2D eigenvalue weighted by molar-refractivity contribution is 14.0. The van der Waals surface area contributed by atoms with Gasteiger partial charge in [-0.15, -0.1) is 24.0 Å². The molecule has 0 aliphatic carbocycles. The summed E-state index contributed by atoms with van der Waals surface area (Å²) in [5.74, 6) is 1.70. The molecule has 0 heterocycles. The number of guanidine groups is 1. The summed E-state index contributed by atoms with van der Waals surface area (Å²) in [5.41, 5.74) is 8.64. The van der Waals surface area contributed by atoms with E-state index in [-0.39, 0.29) is 35.9 Å². The molecule has 4 N–H and O–H groups in total. The Morgan fingerprint density at radius 1 is 1.10 bits per heavy atom. The van der Waals surface area contributed by atoms with Gasteiger partial charge in [0.15, 0.2) is 17.5 Å². The van der Waals surface area contributed by atoms with Crippen LogP contribution in [0.2, 0.25) is 0 Å². The van der Waals surface area contributed by atoms with Crippen LogP contribution in [0.4, 0.5) is 0 Å². The normalized spacial score (nSPS) is 11.8. The molecule has 31 heavy (non-hydrogen) atoms. The first-order valence-corrected chi connectivity index (χ1v) is 10.1. The fourth-order valence-electron chi connectivity index (χ4n) is 2.82. The third-order valence-electron chi connectivity index (χ3n) is 4.78. The Morgan fingerprint density at radius 2 is 1.84 bits per heavy atom. The van der Waals surface area contributed by atoms with Gasteiger partial charge in [0.1, 0.15) is 0 Å². The standard InChI is InChI=1S/C23H32N4O3.HI/c1-5-16(2)27-22(28)19-8-6-7-18(13-19)15-26-23(24)25-12-11-17-9-10-20(29-3)21(14-17)30-4;/h6-10,13-14,16H,5,11-12,15H2,1-4H3,(H,27,28)(H3,24,25,26);1H. The number of carbonyl (C=O) groups is 1. The average molecular weight is 540 g/mol. The molecule has 2 aromatic carbocycles. The molecule has 0 bridgehead atoms. The first-order valence-electron chi connectivity index (χ1n) is 10.1. The van der Waals surface area contributed by atoms with Crippen LogP contribution >= 0.6 is 24.0 Å². The van der Waals surface area contributed by atoms with Crippen LogP contribution in [-0.2, 0) is 13.0 Å². The molecule has 7 nitrogen and oxygen atoms in total. The molecule has 1 unspecified atom stereocenters. The lowest BCUT2D eigenvalue weighted by Crippen LogP contribution is -2.33. The van der Waals surface area contributed by atoms with Crippen molar-refractivity contribution < 1.29 is 14.3 Å². The van der Waals surface area contributed by atoms with Crippen molar-refractivity contribution in [1.29, 1.82) is 0 Å². The molecule has 2 rings (SSSR count). The van der Waals surface area contributed by atoms with Crippen LogP contribution in [0, 0.1) is 0 Å². The van der Waals surface area contributed by atoms with Crippen LogP contribution in [0.3, 0.4) is 0 Å². The van der Waals surface area contributed by atoms with E-state index < -0.39 is 0 Å². The molecule has 2 aromatic rings. The maximum Gasteiger partial charge on any atom is 0.251 e. The summed E-state index contributed by atoms with van der Waals surface area (Å²) in [6.07, 6.45) is 1.66. The zero-order valence-electron chi connectivity index (χ0n) is 18.6. The molecule has 1 amide bonds. The Hall–Kier alpha value is -2.49. The minimum absolute atomic E-state index is 0. The van der Waals surface area contributed by atoms with E-state index >= 15 is 0 Å². The predicted octanol–water partition coefficient (Wildman–Crippen LogP) is 3.50. The lowest BCUT2D eigenvalue weighted by atomic mass is 10.1. The fourth-order valence-corrected chi connectivity index (χ4v) is 2.82. The summed E-state index contributed by atoms with van der Waals surface area (Å²) >= 11 is 0. The molecule has 0 radical (unpaired) electrons. The molecule has 0 aromatic heterocycles. The third kappa shape index (κ3) is 8.64. The van der Waals surface area contributed by atoms with E-state index in [1.165, 1.54) is 0 Å². The van der Waals surface area contributed by atoms with Gasteiger partial charge in [-0.2, -0.15) is 0 Å². The molecule has 0 aliphatic heterocycles. The maximum absolute atomic E-state index is 12.3. The van der Waals surface area contributed by atoms with E-state index in [1.807, 2.05) is 50.2 Å². The Labute approximate surface area is 201 Å². The van der Waals surface area contributed by atoms with Gasteiger partial charge < -0.3 is 25.8 Å². The largest absolute Gasteiger partial charge is 0.493 e. The summed E-state index contributed by atoms with van der Waals surface area (Å²) in [6.45, 7) is 5.07. The number of carbonyl (C=O) groups excluding carboxylic acids is 1. The highest BCUT2D eigenvalue weighted by atomic mass is 127. The zero-order chi connectivity index (χ0) is 21.9. The van der Waals surface area contributed by atoms with Crippen LogP contribution in [0.25, 0.3) is 0 Å². The van der Waals surface area contributed by atoms with Crippen molar-refractivity contribution >= 4 is 35.8 Å². The van der Waals surface area contributed by atoms with E-state index in [2.05, 4.69) is 15.6 Å². The highest BCUT2D eigenvalue weighted by Crippen LogP contribution is 2.27. The van der Waals surface area contributed by atoms with Crippen molar-refractivity contribution in [2.45, 2.75) is 39.3 Å². The number of halogens is 1. The monoisotopic (exact) mass is 540 g/mol. The Kier molecular flexibility index (Phi) is 11.8. The van der Waals surface area contributed by atoms with Crippen LogP contribution < -0.4 is 25.8 Å². The first kappa shape index (κ1) is 26.5. The van der Waals surface area contributed by atoms with Crippen molar-refractivity contribution in [3.8, 4) is 11.5 Å². The minimum atomic E-state index is -0.0730.